The summed E-state index contributed by atoms with van der Waals surface area (Å²) in [5, 5.41) is 19.0. The van der Waals surface area contributed by atoms with Crippen LogP contribution in [0.5, 0.6) is 0 Å². The van der Waals surface area contributed by atoms with E-state index in [2.05, 4.69) is 0 Å². The smallest absolute Gasteiger partial charge is 0.231 e. The molecule has 0 spiro atoms. The number of fused-ring (bicyclic) bond motifs is 1. The second kappa shape index (κ2) is 4.57. The Kier molecular flexibility index (Phi) is 3.05. The van der Waals surface area contributed by atoms with Crippen molar-refractivity contribution < 1.29 is 15.0 Å². The largest absolute Gasteiger partial charge is 0.388 e. The number of hydrogen-bond acceptors (Lipinski definition) is 4. The summed E-state index contributed by atoms with van der Waals surface area (Å²) in [7, 11) is 0. The van der Waals surface area contributed by atoms with Crippen LogP contribution in [0, 0.1) is 0 Å². The fourth-order valence-electron chi connectivity index (χ4n) is 2.54. The van der Waals surface area contributed by atoms with Crippen LogP contribution < -0.4 is 0 Å². The lowest BCUT2D eigenvalue weighted by Gasteiger charge is -2.20. The van der Waals surface area contributed by atoms with Gasteiger partial charge in [0.1, 0.15) is 0 Å². The number of benzene rings is 1. The number of rotatable bonds is 1. The maximum absolute atomic E-state index is 12.4. The summed E-state index contributed by atoms with van der Waals surface area (Å²) in [6.45, 7) is 0.479. The van der Waals surface area contributed by atoms with Crippen LogP contribution in [0.25, 0.3) is 0 Å². The van der Waals surface area contributed by atoms with Crippen LogP contribution in [0.4, 0.5) is 0 Å². The normalized spacial score (nSPS) is 30.6. The molecule has 1 aromatic carbocycles. The van der Waals surface area contributed by atoms with Gasteiger partial charge in [0, 0.05) is 23.7 Å². The molecule has 1 amide bonds. The molecule has 0 aromatic heterocycles. The second-order valence-electron chi connectivity index (χ2n) is 4.78. The Morgan fingerprint density at radius 1 is 1.22 bits per heavy atom. The Morgan fingerprint density at radius 3 is 2.61 bits per heavy atom. The molecule has 0 bridgehead atoms. The highest BCUT2D eigenvalue weighted by Gasteiger charge is 2.38. The van der Waals surface area contributed by atoms with Gasteiger partial charge in [0.25, 0.3) is 0 Å². The van der Waals surface area contributed by atoms with Crippen LogP contribution in [-0.2, 0) is 4.79 Å². The van der Waals surface area contributed by atoms with E-state index >= 15 is 0 Å². The van der Waals surface area contributed by atoms with Crippen molar-refractivity contribution in [3.05, 3.63) is 29.8 Å². The van der Waals surface area contributed by atoms with Gasteiger partial charge in [-0.3, -0.25) is 4.79 Å². The van der Waals surface area contributed by atoms with Crippen molar-refractivity contribution >= 4 is 17.7 Å². The van der Waals surface area contributed by atoms with Gasteiger partial charge in [-0.15, -0.1) is 11.8 Å². The molecule has 1 fully saturated rings. The predicted octanol–water partition coefficient (Wildman–Crippen LogP) is 0.440. The van der Waals surface area contributed by atoms with Crippen LogP contribution in [0.15, 0.2) is 29.2 Å². The van der Waals surface area contributed by atoms with Crippen molar-refractivity contribution in [3.63, 3.8) is 0 Å². The van der Waals surface area contributed by atoms with E-state index in [1.807, 2.05) is 24.3 Å². The Morgan fingerprint density at radius 2 is 1.89 bits per heavy atom. The summed E-state index contributed by atoms with van der Waals surface area (Å²) in [5.74, 6) is 0.632. The van der Waals surface area contributed by atoms with Crippen LogP contribution in [0.2, 0.25) is 0 Å². The summed E-state index contributed by atoms with van der Waals surface area (Å²) < 4.78 is 0. The molecular weight excluding hydrogens is 250 g/mol. The van der Waals surface area contributed by atoms with Crippen molar-refractivity contribution in [2.75, 3.05) is 18.8 Å². The van der Waals surface area contributed by atoms with E-state index in [9.17, 15) is 15.0 Å². The van der Waals surface area contributed by atoms with Crippen molar-refractivity contribution in [1.29, 1.82) is 0 Å². The van der Waals surface area contributed by atoms with E-state index in [0.29, 0.717) is 0 Å². The summed E-state index contributed by atoms with van der Waals surface area (Å²) in [4.78, 5) is 15.1. The number of nitrogens with zero attached hydrogens (tertiary/aromatic N) is 1. The minimum absolute atomic E-state index is 0.0167. The average molecular weight is 265 g/mol. The van der Waals surface area contributed by atoms with Gasteiger partial charge in [0.2, 0.25) is 5.91 Å². The molecule has 5 heteroatoms. The molecule has 2 aliphatic heterocycles. The zero-order chi connectivity index (χ0) is 12.7. The number of amides is 1. The van der Waals surface area contributed by atoms with Gasteiger partial charge in [-0.25, -0.2) is 0 Å². The minimum Gasteiger partial charge on any atom is -0.388 e. The molecule has 0 radical (unpaired) electrons. The molecule has 2 aliphatic rings. The molecule has 0 saturated carbocycles. The van der Waals surface area contributed by atoms with Crippen molar-refractivity contribution in [2.24, 2.45) is 0 Å². The van der Waals surface area contributed by atoms with E-state index in [-0.39, 0.29) is 24.9 Å². The first-order chi connectivity index (χ1) is 8.66. The fraction of sp³-hybridized carbons (Fsp3) is 0.462. The number of likely N-dealkylation sites (tertiary alicyclic amines) is 1. The highest BCUT2D eigenvalue weighted by Crippen LogP contribution is 2.40. The standard InChI is InChI=1S/C13H15NO3S/c15-10-5-14(6-11(10)16)13(17)9-7-18-12-4-2-1-3-8(9)12/h1-4,9-11,15-16H,5-7H2/t9?,10-,11+. The predicted molar refractivity (Wildman–Crippen MR) is 68.5 cm³/mol. The van der Waals surface area contributed by atoms with Gasteiger partial charge in [-0.05, 0) is 11.6 Å². The molecule has 1 unspecified atom stereocenters. The third-order valence-electron chi connectivity index (χ3n) is 3.57. The molecule has 4 nitrogen and oxygen atoms in total. The molecule has 96 valence electrons. The highest BCUT2D eigenvalue weighted by atomic mass is 32.2. The number of thioether (sulfide) groups is 1. The number of aliphatic hydroxyl groups is 2. The minimum atomic E-state index is -0.807. The number of carbonyl (C=O) groups is 1. The van der Waals surface area contributed by atoms with E-state index < -0.39 is 12.2 Å². The molecule has 2 heterocycles. The Hall–Kier alpha value is -1.04. The maximum Gasteiger partial charge on any atom is 0.231 e. The zero-order valence-corrected chi connectivity index (χ0v) is 10.6. The van der Waals surface area contributed by atoms with E-state index in [1.54, 1.807) is 16.7 Å². The Balaban J connectivity index is 1.79. The first-order valence-corrected chi connectivity index (χ1v) is 7.02. The SMILES string of the molecule is O=C(C1CSc2ccccc21)N1C[C@@H](O)[C@@H](O)C1. The van der Waals surface area contributed by atoms with Gasteiger partial charge in [0.15, 0.2) is 0 Å². The van der Waals surface area contributed by atoms with E-state index in [4.69, 9.17) is 0 Å². The summed E-state index contributed by atoms with van der Waals surface area (Å²) in [6.07, 6.45) is -1.61. The van der Waals surface area contributed by atoms with E-state index in [0.717, 1.165) is 16.2 Å². The van der Waals surface area contributed by atoms with Crippen LogP contribution in [0.3, 0.4) is 0 Å². The fourth-order valence-corrected chi connectivity index (χ4v) is 3.76. The van der Waals surface area contributed by atoms with Crippen molar-refractivity contribution in [2.45, 2.75) is 23.0 Å². The quantitative estimate of drug-likeness (QED) is 0.773. The lowest BCUT2D eigenvalue weighted by Crippen LogP contribution is -2.34. The van der Waals surface area contributed by atoms with Gasteiger partial charge in [0.05, 0.1) is 18.1 Å². The van der Waals surface area contributed by atoms with Gasteiger partial charge in [-0.1, -0.05) is 18.2 Å². The first-order valence-electron chi connectivity index (χ1n) is 6.03. The number of β-amino-alcohol motifs (C(OH)–C–C–N with tert-alkyl or cyclic N) is 2. The average Bonchev–Trinajstić information content (AvgIpc) is 2.93. The maximum atomic E-state index is 12.4. The van der Waals surface area contributed by atoms with Crippen molar-refractivity contribution in [3.8, 4) is 0 Å². The van der Waals surface area contributed by atoms with Gasteiger partial charge in [-0.2, -0.15) is 0 Å². The second-order valence-corrected chi connectivity index (χ2v) is 5.84. The highest BCUT2D eigenvalue weighted by molar-refractivity contribution is 7.99. The lowest BCUT2D eigenvalue weighted by molar-refractivity contribution is -0.131. The lowest BCUT2D eigenvalue weighted by atomic mass is 10.00. The van der Waals surface area contributed by atoms with Crippen LogP contribution in [0.1, 0.15) is 11.5 Å². The molecule has 1 saturated heterocycles. The summed E-state index contributed by atoms with van der Waals surface area (Å²) >= 11 is 1.69. The number of aliphatic hydroxyl groups excluding tert-OH is 2. The molecule has 0 aliphatic carbocycles. The summed E-state index contributed by atoms with van der Waals surface area (Å²) in [5.41, 5.74) is 1.07. The van der Waals surface area contributed by atoms with E-state index in [1.165, 1.54) is 0 Å². The zero-order valence-electron chi connectivity index (χ0n) is 9.82. The molecular formula is C13H15NO3S. The van der Waals surface area contributed by atoms with Crippen molar-refractivity contribution in [1.82, 2.24) is 4.90 Å². The Labute approximate surface area is 110 Å². The summed E-state index contributed by atoms with van der Waals surface area (Å²) in [6, 6.07) is 7.93. The molecule has 3 rings (SSSR count). The third-order valence-corrected chi connectivity index (χ3v) is 4.75. The Bertz CT molecular complexity index is 469. The van der Waals surface area contributed by atoms with Crippen LogP contribution >= 0.6 is 11.8 Å². The first kappa shape index (κ1) is 12.0. The molecule has 3 atom stereocenters. The topological polar surface area (TPSA) is 60.8 Å². The van der Waals surface area contributed by atoms with Gasteiger partial charge >= 0.3 is 0 Å². The van der Waals surface area contributed by atoms with Gasteiger partial charge < -0.3 is 15.1 Å². The molecule has 2 N–H and O–H groups in total. The molecule has 1 aromatic rings. The molecule has 18 heavy (non-hydrogen) atoms. The monoisotopic (exact) mass is 265 g/mol. The third kappa shape index (κ3) is 1.92. The van der Waals surface area contributed by atoms with Crippen LogP contribution in [-0.4, -0.2) is 52.1 Å². The number of hydrogen-bond donors (Lipinski definition) is 2. The number of carbonyl (C=O) groups excluding carboxylic acids is 1.